The molecule has 1 heterocycles. The van der Waals surface area contributed by atoms with Gasteiger partial charge < -0.3 is 0 Å². The molecule has 1 aromatic carbocycles. The highest BCUT2D eigenvalue weighted by Crippen LogP contribution is 2.07. The lowest BCUT2D eigenvalue weighted by Crippen LogP contribution is -2.26. The van der Waals surface area contributed by atoms with Crippen molar-refractivity contribution >= 4 is 10.0 Å². The summed E-state index contributed by atoms with van der Waals surface area (Å²) in [5, 5.41) is 0. The van der Waals surface area contributed by atoms with Gasteiger partial charge in [-0.3, -0.25) is 4.98 Å². The van der Waals surface area contributed by atoms with Crippen molar-refractivity contribution in [1.29, 1.82) is 0 Å². The van der Waals surface area contributed by atoms with E-state index in [-0.39, 0.29) is 4.90 Å². The molecule has 1 N–H and O–H groups in total. The van der Waals surface area contributed by atoms with Crippen LogP contribution >= 0.6 is 0 Å². The van der Waals surface area contributed by atoms with Crippen LogP contribution in [-0.4, -0.2) is 19.9 Å². The molecular formula is C15H18N2O2S. The third-order valence-electron chi connectivity index (χ3n) is 3.08. The second-order valence-electron chi connectivity index (χ2n) is 4.51. The van der Waals surface area contributed by atoms with E-state index in [1.165, 1.54) is 17.8 Å². The van der Waals surface area contributed by atoms with Crippen molar-refractivity contribution in [2.75, 3.05) is 6.54 Å². The lowest BCUT2D eigenvalue weighted by Gasteiger charge is -2.06. The van der Waals surface area contributed by atoms with E-state index in [0.29, 0.717) is 13.0 Å². The molecule has 0 saturated carbocycles. The summed E-state index contributed by atoms with van der Waals surface area (Å²) in [4.78, 5) is 4.01. The van der Waals surface area contributed by atoms with Gasteiger partial charge in [0.15, 0.2) is 0 Å². The largest absolute Gasteiger partial charge is 0.263 e. The van der Waals surface area contributed by atoms with Crippen molar-refractivity contribution in [3.05, 3.63) is 59.9 Å². The van der Waals surface area contributed by atoms with Crippen molar-refractivity contribution in [3.63, 3.8) is 0 Å². The summed E-state index contributed by atoms with van der Waals surface area (Å²) < 4.78 is 26.5. The fraction of sp³-hybridized carbons (Fsp3) is 0.267. The Bertz CT molecular complexity index is 637. The van der Waals surface area contributed by atoms with Crippen LogP contribution in [0.2, 0.25) is 0 Å². The molecule has 0 unspecified atom stereocenters. The molecule has 0 atom stereocenters. The van der Waals surface area contributed by atoms with Gasteiger partial charge in [-0.25, -0.2) is 13.1 Å². The van der Waals surface area contributed by atoms with Crippen LogP contribution in [0.1, 0.15) is 18.1 Å². The number of benzene rings is 1. The van der Waals surface area contributed by atoms with Gasteiger partial charge in [0.2, 0.25) is 10.0 Å². The summed E-state index contributed by atoms with van der Waals surface area (Å²) in [6.45, 7) is 2.49. The van der Waals surface area contributed by atoms with E-state index in [4.69, 9.17) is 0 Å². The molecule has 0 radical (unpaired) electrons. The van der Waals surface area contributed by atoms with Crippen molar-refractivity contribution in [3.8, 4) is 0 Å². The van der Waals surface area contributed by atoms with Crippen LogP contribution in [0.4, 0.5) is 0 Å². The van der Waals surface area contributed by atoms with Crippen LogP contribution in [-0.2, 0) is 22.9 Å². The van der Waals surface area contributed by atoms with E-state index >= 15 is 0 Å². The van der Waals surface area contributed by atoms with Gasteiger partial charge in [-0.2, -0.15) is 0 Å². The molecule has 5 heteroatoms. The first-order valence-corrected chi connectivity index (χ1v) is 8.07. The van der Waals surface area contributed by atoms with Crippen LogP contribution in [0.5, 0.6) is 0 Å². The number of nitrogens with zero attached hydrogens (tertiary/aromatic N) is 1. The molecule has 0 amide bonds. The molecule has 106 valence electrons. The highest BCUT2D eigenvalue weighted by Gasteiger charge is 2.12. The molecule has 0 spiro atoms. The number of nitrogens with one attached hydrogen (secondary N) is 1. The van der Waals surface area contributed by atoms with Crippen molar-refractivity contribution in [1.82, 2.24) is 9.71 Å². The highest BCUT2D eigenvalue weighted by atomic mass is 32.2. The van der Waals surface area contributed by atoms with Crippen LogP contribution < -0.4 is 4.72 Å². The van der Waals surface area contributed by atoms with Gasteiger partial charge in [-0.1, -0.05) is 31.2 Å². The Morgan fingerprint density at radius 2 is 1.80 bits per heavy atom. The maximum Gasteiger partial charge on any atom is 0.242 e. The first kappa shape index (κ1) is 14.7. The second kappa shape index (κ2) is 6.63. The monoisotopic (exact) mass is 290 g/mol. The molecule has 0 fully saturated rings. The quantitative estimate of drug-likeness (QED) is 0.887. The summed E-state index contributed by atoms with van der Waals surface area (Å²) in [5.41, 5.74) is 2.40. The number of sulfonamides is 1. The maximum absolute atomic E-state index is 12.0. The molecule has 0 aliphatic heterocycles. The van der Waals surface area contributed by atoms with Crippen molar-refractivity contribution in [2.45, 2.75) is 24.7 Å². The Balaban J connectivity index is 1.92. The smallest absolute Gasteiger partial charge is 0.242 e. The molecule has 4 nitrogen and oxygen atoms in total. The highest BCUT2D eigenvalue weighted by molar-refractivity contribution is 7.89. The third kappa shape index (κ3) is 3.88. The summed E-state index contributed by atoms with van der Waals surface area (Å²) in [7, 11) is -3.46. The Labute approximate surface area is 119 Å². The normalized spacial score (nSPS) is 11.4. The van der Waals surface area contributed by atoms with E-state index in [9.17, 15) is 8.42 Å². The van der Waals surface area contributed by atoms with Gasteiger partial charge in [0.05, 0.1) is 0 Å². The van der Waals surface area contributed by atoms with Gasteiger partial charge in [0, 0.05) is 18.9 Å². The number of hydrogen-bond acceptors (Lipinski definition) is 3. The summed E-state index contributed by atoms with van der Waals surface area (Å²) in [6, 6.07) is 11.4. The molecule has 0 bridgehead atoms. The lowest BCUT2D eigenvalue weighted by atomic mass is 10.1. The Morgan fingerprint density at radius 3 is 2.40 bits per heavy atom. The molecule has 2 aromatic rings. The van der Waals surface area contributed by atoms with Crippen molar-refractivity contribution < 1.29 is 8.42 Å². The average molecular weight is 290 g/mol. The third-order valence-corrected chi connectivity index (χ3v) is 4.53. The minimum Gasteiger partial charge on any atom is -0.263 e. The van der Waals surface area contributed by atoms with E-state index < -0.39 is 10.0 Å². The minimum absolute atomic E-state index is 0.196. The van der Waals surface area contributed by atoms with E-state index in [1.807, 2.05) is 12.1 Å². The molecule has 20 heavy (non-hydrogen) atoms. The topological polar surface area (TPSA) is 59.1 Å². The molecule has 0 aliphatic rings. The van der Waals surface area contributed by atoms with Gasteiger partial charge in [-0.05, 0) is 36.1 Å². The maximum atomic E-state index is 12.0. The SMILES string of the molecule is CCc1ccc(CCNS(=O)(=O)c2cccnc2)cc1. The summed E-state index contributed by atoms with van der Waals surface area (Å²) in [5.74, 6) is 0. The number of aromatic nitrogens is 1. The van der Waals surface area contributed by atoms with Crippen LogP contribution in [0.15, 0.2) is 53.7 Å². The van der Waals surface area contributed by atoms with Crippen LogP contribution in [0, 0.1) is 0 Å². The molecule has 0 aliphatic carbocycles. The molecule has 1 aromatic heterocycles. The van der Waals surface area contributed by atoms with E-state index in [2.05, 4.69) is 28.8 Å². The fourth-order valence-electron chi connectivity index (χ4n) is 1.86. The first-order chi connectivity index (χ1) is 9.62. The van der Waals surface area contributed by atoms with Gasteiger partial charge in [0.1, 0.15) is 4.90 Å². The zero-order valence-corrected chi connectivity index (χ0v) is 12.2. The zero-order chi connectivity index (χ0) is 14.4. The summed E-state index contributed by atoms with van der Waals surface area (Å²) in [6.07, 6.45) is 4.57. The van der Waals surface area contributed by atoms with E-state index in [0.717, 1.165) is 12.0 Å². The summed E-state index contributed by atoms with van der Waals surface area (Å²) >= 11 is 0. The first-order valence-electron chi connectivity index (χ1n) is 6.59. The van der Waals surface area contributed by atoms with Crippen LogP contribution in [0.25, 0.3) is 0 Å². The number of pyridine rings is 1. The van der Waals surface area contributed by atoms with Gasteiger partial charge in [0.25, 0.3) is 0 Å². The van der Waals surface area contributed by atoms with Crippen molar-refractivity contribution in [2.24, 2.45) is 0 Å². The average Bonchev–Trinajstić information content (AvgIpc) is 2.49. The molecule has 0 saturated heterocycles. The number of hydrogen-bond donors (Lipinski definition) is 1. The second-order valence-corrected chi connectivity index (χ2v) is 6.27. The Kier molecular flexibility index (Phi) is 4.87. The van der Waals surface area contributed by atoms with E-state index in [1.54, 1.807) is 12.3 Å². The predicted octanol–water partition coefficient (Wildman–Crippen LogP) is 2.17. The number of aryl methyl sites for hydroxylation is 1. The molecular weight excluding hydrogens is 272 g/mol. The molecule has 2 rings (SSSR count). The van der Waals surface area contributed by atoms with Gasteiger partial charge in [-0.15, -0.1) is 0 Å². The Hall–Kier alpha value is -1.72. The lowest BCUT2D eigenvalue weighted by molar-refractivity contribution is 0.581. The number of rotatable bonds is 6. The van der Waals surface area contributed by atoms with Crippen LogP contribution in [0.3, 0.4) is 0 Å². The minimum atomic E-state index is -3.46. The van der Waals surface area contributed by atoms with Gasteiger partial charge >= 0.3 is 0 Å². The standard InChI is InChI=1S/C15H18N2O2S/c1-2-13-5-7-14(8-6-13)9-11-17-20(18,19)15-4-3-10-16-12-15/h3-8,10,12,17H,2,9,11H2,1H3. The predicted molar refractivity (Wildman–Crippen MR) is 78.9 cm³/mol. The Morgan fingerprint density at radius 1 is 1.10 bits per heavy atom. The fourth-order valence-corrected chi connectivity index (χ4v) is 2.86. The zero-order valence-electron chi connectivity index (χ0n) is 11.4.